The number of nitrogens with zero attached hydrogens (tertiary/aromatic N) is 1. The fourth-order valence-electron chi connectivity index (χ4n) is 3.15. The molecule has 0 saturated heterocycles. The van der Waals surface area contributed by atoms with E-state index in [2.05, 4.69) is 28.1 Å². The SMILES string of the molecule is CCCCOc1ccc(NC(=O)C(=O)N/N=C\c2ccccc2OCC(=O)Nc2cc(Cl)ccc2C)cc1. The molecule has 3 rings (SSSR count). The molecule has 0 heterocycles. The predicted octanol–water partition coefficient (Wildman–Crippen LogP) is 4.93. The van der Waals surface area contributed by atoms with Gasteiger partial charge in [0.05, 0.1) is 12.8 Å². The molecule has 3 aromatic carbocycles. The number of hydrogen-bond acceptors (Lipinski definition) is 6. The van der Waals surface area contributed by atoms with Crippen LogP contribution in [-0.2, 0) is 14.4 Å². The molecule has 3 N–H and O–H groups in total. The maximum atomic E-state index is 12.3. The summed E-state index contributed by atoms with van der Waals surface area (Å²) in [6.45, 7) is 4.30. The molecule has 10 heteroatoms. The Bertz CT molecular complexity index is 1290. The van der Waals surface area contributed by atoms with Crippen LogP contribution in [0.25, 0.3) is 0 Å². The van der Waals surface area contributed by atoms with Crippen LogP contribution in [0.2, 0.25) is 5.02 Å². The molecule has 3 aromatic rings. The Morgan fingerprint density at radius 3 is 2.47 bits per heavy atom. The van der Waals surface area contributed by atoms with Gasteiger partial charge >= 0.3 is 11.8 Å². The number of amides is 3. The highest BCUT2D eigenvalue weighted by Crippen LogP contribution is 2.21. The second-order valence-corrected chi connectivity index (χ2v) is 8.65. The molecular formula is C28H29ClN4O5. The van der Waals surface area contributed by atoms with Gasteiger partial charge in [0.15, 0.2) is 6.61 Å². The number of carbonyl (C=O) groups is 3. The maximum Gasteiger partial charge on any atom is 0.329 e. The van der Waals surface area contributed by atoms with Crippen LogP contribution < -0.4 is 25.5 Å². The molecular weight excluding hydrogens is 508 g/mol. The number of anilines is 2. The Balaban J connectivity index is 1.49. The molecule has 0 aliphatic carbocycles. The van der Waals surface area contributed by atoms with Crippen molar-refractivity contribution in [2.24, 2.45) is 5.10 Å². The van der Waals surface area contributed by atoms with Gasteiger partial charge in [-0.3, -0.25) is 14.4 Å². The zero-order valence-electron chi connectivity index (χ0n) is 21.1. The average molecular weight is 537 g/mol. The number of carbonyl (C=O) groups excluding carboxylic acids is 3. The molecule has 0 bridgehead atoms. The number of unbranched alkanes of at least 4 members (excludes halogenated alkanes) is 1. The second-order valence-electron chi connectivity index (χ2n) is 8.21. The monoisotopic (exact) mass is 536 g/mol. The number of nitrogens with one attached hydrogen (secondary N) is 3. The van der Waals surface area contributed by atoms with Gasteiger partial charge in [0.2, 0.25) is 0 Å². The molecule has 0 saturated carbocycles. The number of halogens is 1. The van der Waals surface area contributed by atoms with Crippen molar-refractivity contribution in [2.75, 3.05) is 23.8 Å². The third kappa shape index (κ3) is 8.94. The van der Waals surface area contributed by atoms with Crippen molar-refractivity contribution in [1.82, 2.24) is 5.43 Å². The molecule has 0 spiro atoms. The van der Waals surface area contributed by atoms with Crippen LogP contribution in [0.3, 0.4) is 0 Å². The van der Waals surface area contributed by atoms with Crippen molar-refractivity contribution in [3.8, 4) is 11.5 Å². The number of aryl methyl sites for hydroxylation is 1. The summed E-state index contributed by atoms with van der Waals surface area (Å²) in [7, 11) is 0. The molecule has 3 amide bonds. The summed E-state index contributed by atoms with van der Waals surface area (Å²) in [5, 5.41) is 9.60. The normalized spacial score (nSPS) is 10.6. The van der Waals surface area contributed by atoms with Crippen LogP contribution in [0, 0.1) is 6.92 Å². The van der Waals surface area contributed by atoms with Crippen molar-refractivity contribution in [3.05, 3.63) is 82.9 Å². The van der Waals surface area contributed by atoms with E-state index in [1.165, 1.54) is 6.21 Å². The zero-order valence-corrected chi connectivity index (χ0v) is 21.9. The largest absolute Gasteiger partial charge is 0.494 e. The number of para-hydroxylation sites is 1. The highest BCUT2D eigenvalue weighted by atomic mass is 35.5. The van der Waals surface area contributed by atoms with Gasteiger partial charge in [-0.1, -0.05) is 43.1 Å². The molecule has 0 radical (unpaired) electrons. The number of hydrogen-bond donors (Lipinski definition) is 3. The van der Waals surface area contributed by atoms with Crippen LogP contribution in [0.1, 0.15) is 30.9 Å². The maximum absolute atomic E-state index is 12.3. The van der Waals surface area contributed by atoms with Crippen LogP contribution in [0.4, 0.5) is 11.4 Å². The Morgan fingerprint density at radius 1 is 0.947 bits per heavy atom. The summed E-state index contributed by atoms with van der Waals surface area (Å²) in [5.74, 6) is -1.14. The molecule has 0 atom stereocenters. The molecule has 38 heavy (non-hydrogen) atoms. The van der Waals surface area contributed by atoms with E-state index >= 15 is 0 Å². The number of rotatable bonds is 11. The van der Waals surface area contributed by atoms with Crippen molar-refractivity contribution in [1.29, 1.82) is 0 Å². The van der Waals surface area contributed by atoms with E-state index < -0.39 is 11.8 Å². The van der Waals surface area contributed by atoms with Crippen molar-refractivity contribution >= 4 is 46.9 Å². The van der Waals surface area contributed by atoms with Crippen molar-refractivity contribution in [3.63, 3.8) is 0 Å². The van der Waals surface area contributed by atoms with E-state index in [9.17, 15) is 14.4 Å². The van der Waals surface area contributed by atoms with Gasteiger partial charge in [0.25, 0.3) is 5.91 Å². The zero-order chi connectivity index (χ0) is 27.3. The minimum atomic E-state index is -0.945. The molecule has 0 aliphatic rings. The molecule has 0 fully saturated rings. The van der Waals surface area contributed by atoms with Gasteiger partial charge in [0, 0.05) is 22.0 Å². The van der Waals surface area contributed by atoms with Crippen molar-refractivity contribution < 1.29 is 23.9 Å². The van der Waals surface area contributed by atoms with Crippen LogP contribution >= 0.6 is 11.6 Å². The summed E-state index contributed by atoms with van der Waals surface area (Å²) in [4.78, 5) is 36.7. The standard InChI is InChI=1S/C28H29ClN4O5/c1-3-4-15-37-23-13-11-22(12-14-23)31-27(35)28(36)33-30-17-20-7-5-6-8-25(20)38-18-26(34)32-24-16-21(29)10-9-19(24)2/h5-14,16-17H,3-4,15,18H2,1-2H3,(H,31,35)(H,32,34)(H,33,36)/b30-17-. The number of hydrazone groups is 1. The molecule has 0 aromatic heterocycles. The smallest absolute Gasteiger partial charge is 0.329 e. The van der Waals surface area contributed by atoms with Crippen molar-refractivity contribution in [2.45, 2.75) is 26.7 Å². The first-order valence-corrected chi connectivity index (χ1v) is 12.4. The van der Waals surface area contributed by atoms with E-state index in [0.717, 1.165) is 18.4 Å². The van der Waals surface area contributed by atoms with E-state index in [0.29, 0.717) is 40.1 Å². The van der Waals surface area contributed by atoms with E-state index in [-0.39, 0.29) is 12.5 Å². The lowest BCUT2D eigenvalue weighted by Gasteiger charge is -2.11. The topological polar surface area (TPSA) is 118 Å². The summed E-state index contributed by atoms with van der Waals surface area (Å²) in [5.41, 5.74) is 4.58. The van der Waals surface area contributed by atoms with Gasteiger partial charge in [0.1, 0.15) is 11.5 Å². The Morgan fingerprint density at radius 2 is 1.71 bits per heavy atom. The molecule has 0 aliphatic heterocycles. The first-order valence-electron chi connectivity index (χ1n) is 12.0. The lowest BCUT2D eigenvalue weighted by Crippen LogP contribution is -2.32. The summed E-state index contributed by atoms with van der Waals surface area (Å²) in [6.07, 6.45) is 3.31. The molecule has 198 valence electrons. The lowest BCUT2D eigenvalue weighted by molar-refractivity contribution is -0.136. The minimum Gasteiger partial charge on any atom is -0.494 e. The van der Waals surface area contributed by atoms with Gasteiger partial charge in [-0.05, 0) is 67.4 Å². The average Bonchev–Trinajstić information content (AvgIpc) is 2.91. The van der Waals surface area contributed by atoms with Crippen LogP contribution in [0.15, 0.2) is 71.8 Å². The predicted molar refractivity (Wildman–Crippen MR) is 148 cm³/mol. The summed E-state index contributed by atoms with van der Waals surface area (Å²) in [6, 6.07) is 18.8. The number of benzene rings is 3. The van der Waals surface area contributed by atoms with E-state index in [1.807, 2.05) is 6.92 Å². The summed E-state index contributed by atoms with van der Waals surface area (Å²) >= 11 is 5.99. The van der Waals surface area contributed by atoms with Crippen LogP contribution in [-0.4, -0.2) is 37.1 Å². The highest BCUT2D eigenvalue weighted by Gasteiger charge is 2.13. The highest BCUT2D eigenvalue weighted by molar-refractivity contribution is 6.39. The Kier molecular flexibility index (Phi) is 10.7. The molecule has 9 nitrogen and oxygen atoms in total. The fraction of sp³-hybridized carbons (Fsp3) is 0.214. The van der Waals surface area contributed by atoms with E-state index in [1.54, 1.807) is 66.7 Å². The van der Waals surface area contributed by atoms with Gasteiger partial charge in [-0.15, -0.1) is 0 Å². The Labute approximate surface area is 226 Å². The first-order chi connectivity index (χ1) is 18.4. The lowest BCUT2D eigenvalue weighted by atomic mass is 10.2. The quantitative estimate of drug-likeness (QED) is 0.139. The minimum absolute atomic E-state index is 0.256. The van der Waals surface area contributed by atoms with Gasteiger partial charge < -0.3 is 20.1 Å². The fourth-order valence-corrected chi connectivity index (χ4v) is 3.32. The van der Waals surface area contributed by atoms with Crippen LogP contribution in [0.5, 0.6) is 11.5 Å². The van der Waals surface area contributed by atoms with E-state index in [4.69, 9.17) is 21.1 Å². The van der Waals surface area contributed by atoms with Gasteiger partial charge in [-0.25, -0.2) is 5.43 Å². The van der Waals surface area contributed by atoms with Gasteiger partial charge in [-0.2, -0.15) is 5.10 Å². The number of ether oxygens (including phenoxy) is 2. The third-order valence-corrected chi connectivity index (χ3v) is 5.44. The Hall–Kier alpha value is -4.37. The summed E-state index contributed by atoms with van der Waals surface area (Å²) < 4.78 is 11.2. The second kappa shape index (κ2) is 14.4. The molecule has 0 unspecified atom stereocenters. The first kappa shape index (κ1) is 28.2. The third-order valence-electron chi connectivity index (χ3n) is 5.21.